The van der Waals surface area contributed by atoms with E-state index < -0.39 is 0 Å². The first-order valence-electron chi connectivity index (χ1n) is 8.75. The Hall–Kier alpha value is -1.46. The van der Waals surface area contributed by atoms with E-state index in [0.717, 1.165) is 16.9 Å². The Morgan fingerprint density at radius 1 is 1.12 bits per heavy atom. The number of thiazole rings is 1. The molecule has 3 heterocycles. The Labute approximate surface area is 147 Å². The predicted molar refractivity (Wildman–Crippen MR) is 99.0 cm³/mol. The molecule has 122 valence electrons. The number of hydrogen-bond donors (Lipinski definition) is 2. The van der Waals surface area contributed by atoms with E-state index in [1.165, 1.54) is 51.9 Å². The average Bonchev–Trinajstić information content (AvgIpc) is 3.34. The van der Waals surface area contributed by atoms with Crippen molar-refractivity contribution in [1.29, 1.82) is 0 Å². The third-order valence-electron chi connectivity index (χ3n) is 6.42. The lowest BCUT2D eigenvalue weighted by Gasteiger charge is -2.39. The van der Waals surface area contributed by atoms with Gasteiger partial charge in [0.25, 0.3) is 0 Å². The van der Waals surface area contributed by atoms with Crippen LogP contribution in [0.3, 0.4) is 0 Å². The van der Waals surface area contributed by atoms with Gasteiger partial charge in [-0.1, -0.05) is 29.5 Å². The van der Waals surface area contributed by atoms with Crippen LogP contribution in [0.1, 0.15) is 35.6 Å². The summed E-state index contributed by atoms with van der Waals surface area (Å²) in [4.78, 5) is 20.0. The maximum absolute atomic E-state index is 12.1. The number of H-pyrrole nitrogens is 2. The molecule has 1 aliphatic heterocycles. The van der Waals surface area contributed by atoms with E-state index in [4.69, 9.17) is 0 Å². The summed E-state index contributed by atoms with van der Waals surface area (Å²) >= 11 is 3.40. The number of rotatable bonds is 1. The highest BCUT2D eigenvalue weighted by Gasteiger charge is 2.55. The minimum atomic E-state index is 0.102. The standard InChI is InChI=1S/C19H18N2OS2/c22-19-21-18-17(24-19)15(12-8-20-13-4-2-1-3-11(12)13)14-9-5-6-10(7-9)16(14)23-18/h1-4,8-10,14-16,20H,5-7H2,(H,21,22). The molecule has 2 aromatic heterocycles. The van der Waals surface area contributed by atoms with Gasteiger partial charge < -0.3 is 9.97 Å². The highest BCUT2D eigenvalue weighted by Crippen LogP contribution is 2.64. The molecule has 1 aromatic carbocycles. The average molecular weight is 355 g/mol. The Morgan fingerprint density at radius 2 is 2.00 bits per heavy atom. The monoisotopic (exact) mass is 354 g/mol. The number of benzene rings is 1. The van der Waals surface area contributed by atoms with Crippen LogP contribution in [0.25, 0.3) is 10.9 Å². The van der Waals surface area contributed by atoms with Crippen molar-refractivity contribution in [3.05, 3.63) is 50.6 Å². The molecule has 2 aliphatic carbocycles. The molecule has 2 N–H and O–H groups in total. The SMILES string of the molecule is O=c1[nH]c2c(s1)C(c1c[nH]c3ccccc13)C1C3CCC(C3)C1S2. The smallest absolute Gasteiger partial charge is 0.305 e. The molecule has 0 saturated heterocycles. The molecular weight excluding hydrogens is 336 g/mol. The molecule has 3 aliphatic rings. The first-order valence-corrected chi connectivity index (χ1v) is 10.4. The zero-order valence-corrected chi connectivity index (χ0v) is 14.8. The highest BCUT2D eigenvalue weighted by atomic mass is 32.2. The summed E-state index contributed by atoms with van der Waals surface area (Å²) in [5.41, 5.74) is 2.60. The van der Waals surface area contributed by atoms with Crippen LogP contribution in [0.15, 0.2) is 40.3 Å². The first kappa shape index (κ1) is 13.8. The van der Waals surface area contributed by atoms with E-state index in [-0.39, 0.29) is 4.87 Å². The van der Waals surface area contributed by atoms with Crippen molar-refractivity contribution in [2.75, 3.05) is 0 Å². The lowest BCUT2D eigenvalue weighted by molar-refractivity contribution is 0.308. The number of thioether (sulfide) groups is 1. The van der Waals surface area contributed by atoms with Gasteiger partial charge in [-0.25, -0.2) is 0 Å². The number of fused-ring (bicyclic) bond motifs is 7. The van der Waals surface area contributed by atoms with Crippen molar-refractivity contribution in [1.82, 2.24) is 9.97 Å². The zero-order chi connectivity index (χ0) is 15.8. The second-order valence-corrected chi connectivity index (χ2v) is 9.67. The van der Waals surface area contributed by atoms with Crippen LogP contribution in [0.4, 0.5) is 0 Å². The van der Waals surface area contributed by atoms with Gasteiger partial charge in [0.1, 0.15) is 0 Å². The summed E-state index contributed by atoms with van der Waals surface area (Å²) in [5, 5.41) is 3.15. The predicted octanol–water partition coefficient (Wildman–Crippen LogP) is 4.57. The molecule has 5 unspecified atom stereocenters. The van der Waals surface area contributed by atoms with E-state index in [0.29, 0.717) is 17.1 Å². The van der Waals surface area contributed by atoms with Crippen molar-refractivity contribution in [3.8, 4) is 0 Å². The van der Waals surface area contributed by atoms with Gasteiger partial charge in [-0.2, -0.15) is 0 Å². The summed E-state index contributed by atoms with van der Waals surface area (Å²) < 4.78 is 0. The van der Waals surface area contributed by atoms with Gasteiger partial charge in [0.05, 0.1) is 5.03 Å². The summed E-state index contributed by atoms with van der Waals surface area (Å²) in [6.45, 7) is 0. The normalized spacial score (nSPS) is 33.8. The van der Waals surface area contributed by atoms with Gasteiger partial charge in [0.15, 0.2) is 0 Å². The molecule has 6 rings (SSSR count). The van der Waals surface area contributed by atoms with Crippen LogP contribution in [0.5, 0.6) is 0 Å². The molecule has 5 heteroatoms. The van der Waals surface area contributed by atoms with Crippen LogP contribution < -0.4 is 4.87 Å². The van der Waals surface area contributed by atoms with E-state index in [1.54, 1.807) is 0 Å². The molecule has 3 nitrogen and oxygen atoms in total. The van der Waals surface area contributed by atoms with Crippen molar-refractivity contribution >= 4 is 34.0 Å². The van der Waals surface area contributed by atoms with E-state index >= 15 is 0 Å². The van der Waals surface area contributed by atoms with Crippen LogP contribution in [-0.2, 0) is 0 Å². The quantitative estimate of drug-likeness (QED) is 0.672. The van der Waals surface area contributed by atoms with Gasteiger partial charge in [-0.15, -0.1) is 11.8 Å². The highest BCUT2D eigenvalue weighted by molar-refractivity contribution is 8.00. The molecular formula is C19H18N2OS2. The first-order chi connectivity index (χ1) is 11.8. The van der Waals surface area contributed by atoms with Crippen LogP contribution >= 0.6 is 23.1 Å². The van der Waals surface area contributed by atoms with Gasteiger partial charge in [0, 0.05) is 33.1 Å². The van der Waals surface area contributed by atoms with E-state index in [2.05, 4.69) is 40.4 Å². The Balaban J connectivity index is 1.61. The molecule has 0 amide bonds. The summed E-state index contributed by atoms with van der Waals surface area (Å²) in [6.07, 6.45) is 6.34. The van der Waals surface area contributed by atoms with Crippen LogP contribution in [-0.4, -0.2) is 15.2 Å². The Morgan fingerprint density at radius 3 is 2.96 bits per heavy atom. The largest absolute Gasteiger partial charge is 0.361 e. The second-order valence-electron chi connectivity index (χ2n) is 7.47. The van der Waals surface area contributed by atoms with E-state index in [1.807, 2.05) is 11.8 Å². The lowest BCUT2D eigenvalue weighted by atomic mass is 9.75. The summed E-state index contributed by atoms with van der Waals surface area (Å²) in [5.74, 6) is 2.74. The van der Waals surface area contributed by atoms with Crippen molar-refractivity contribution < 1.29 is 0 Å². The fourth-order valence-electron chi connectivity index (χ4n) is 5.55. The van der Waals surface area contributed by atoms with Crippen LogP contribution in [0.2, 0.25) is 0 Å². The third-order valence-corrected chi connectivity index (χ3v) is 9.05. The molecule has 5 atom stereocenters. The molecule has 2 bridgehead atoms. The Kier molecular flexibility index (Phi) is 2.75. The van der Waals surface area contributed by atoms with Crippen molar-refractivity contribution in [3.63, 3.8) is 0 Å². The number of hydrogen-bond acceptors (Lipinski definition) is 3. The fraction of sp³-hybridized carbons (Fsp3) is 0.421. The Bertz CT molecular complexity index is 1000. The molecule has 2 fully saturated rings. The number of aromatic nitrogens is 2. The molecule has 0 radical (unpaired) electrons. The van der Waals surface area contributed by atoms with Gasteiger partial charge >= 0.3 is 4.87 Å². The number of nitrogens with one attached hydrogen (secondary N) is 2. The number of aromatic amines is 2. The van der Waals surface area contributed by atoms with Crippen molar-refractivity contribution in [2.45, 2.75) is 35.5 Å². The van der Waals surface area contributed by atoms with E-state index in [9.17, 15) is 4.79 Å². The zero-order valence-electron chi connectivity index (χ0n) is 13.1. The summed E-state index contributed by atoms with van der Waals surface area (Å²) in [6, 6.07) is 8.57. The fourth-order valence-corrected chi connectivity index (χ4v) is 8.43. The molecule has 2 saturated carbocycles. The molecule has 0 spiro atoms. The minimum absolute atomic E-state index is 0.102. The van der Waals surface area contributed by atoms with Gasteiger partial charge in [-0.3, -0.25) is 4.79 Å². The second kappa shape index (κ2) is 4.79. The molecule has 24 heavy (non-hydrogen) atoms. The third kappa shape index (κ3) is 1.72. The topological polar surface area (TPSA) is 48.6 Å². The van der Waals surface area contributed by atoms with Gasteiger partial charge in [0.2, 0.25) is 0 Å². The van der Waals surface area contributed by atoms with Crippen molar-refractivity contribution in [2.24, 2.45) is 17.8 Å². The number of para-hydroxylation sites is 1. The molecule has 3 aromatic rings. The van der Waals surface area contributed by atoms with Gasteiger partial charge in [-0.05, 0) is 48.6 Å². The minimum Gasteiger partial charge on any atom is -0.361 e. The maximum Gasteiger partial charge on any atom is 0.305 e. The maximum atomic E-state index is 12.1. The summed E-state index contributed by atoms with van der Waals surface area (Å²) in [7, 11) is 0. The lowest BCUT2D eigenvalue weighted by Crippen LogP contribution is -2.33. The van der Waals surface area contributed by atoms with Crippen LogP contribution in [0, 0.1) is 17.8 Å².